The number of nitrogens with zero attached hydrogens (tertiary/aromatic N) is 4. The molecule has 7 heteroatoms. The number of likely N-dealkylation sites (tertiary alicyclic amines) is 1. The summed E-state index contributed by atoms with van der Waals surface area (Å²) in [4.78, 5) is 36.2. The van der Waals surface area contributed by atoms with E-state index in [0.29, 0.717) is 31.1 Å². The number of fused-ring (bicyclic) bond motifs is 1. The molecule has 2 saturated heterocycles. The van der Waals surface area contributed by atoms with E-state index in [4.69, 9.17) is 4.42 Å². The van der Waals surface area contributed by atoms with Crippen molar-refractivity contribution in [1.82, 2.24) is 14.9 Å². The molecule has 7 nitrogen and oxygen atoms in total. The van der Waals surface area contributed by atoms with Gasteiger partial charge in [-0.1, -0.05) is 0 Å². The van der Waals surface area contributed by atoms with Crippen LogP contribution in [0.5, 0.6) is 0 Å². The van der Waals surface area contributed by atoms with Crippen LogP contribution in [0.3, 0.4) is 0 Å². The highest BCUT2D eigenvalue weighted by Gasteiger charge is 2.48. The van der Waals surface area contributed by atoms with Crippen molar-refractivity contribution < 1.29 is 14.0 Å². The van der Waals surface area contributed by atoms with E-state index >= 15 is 0 Å². The van der Waals surface area contributed by atoms with Gasteiger partial charge in [0.2, 0.25) is 5.91 Å². The Hall–Kier alpha value is -2.70. The summed E-state index contributed by atoms with van der Waals surface area (Å²) >= 11 is 0. The lowest BCUT2D eigenvalue weighted by Gasteiger charge is -2.20. The van der Waals surface area contributed by atoms with Gasteiger partial charge in [0.05, 0.1) is 30.3 Å². The molecule has 22 heavy (non-hydrogen) atoms. The Kier molecular flexibility index (Phi) is 2.92. The van der Waals surface area contributed by atoms with Gasteiger partial charge in [0.25, 0.3) is 5.91 Å². The van der Waals surface area contributed by atoms with E-state index in [0.717, 1.165) is 0 Å². The Morgan fingerprint density at radius 3 is 2.73 bits per heavy atom. The fourth-order valence-electron chi connectivity index (χ4n) is 3.25. The predicted octanol–water partition coefficient (Wildman–Crippen LogP) is 0.805. The van der Waals surface area contributed by atoms with Gasteiger partial charge in [0.15, 0.2) is 5.76 Å². The number of hydrogen-bond donors (Lipinski definition) is 0. The van der Waals surface area contributed by atoms with E-state index in [9.17, 15) is 9.59 Å². The lowest BCUT2D eigenvalue weighted by atomic mass is 10.0. The molecule has 0 N–H and O–H groups in total. The van der Waals surface area contributed by atoms with Crippen molar-refractivity contribution in [2.75, 3.05) is 24.5 Å². The maximum Gasteiger partial charge on any atom is 0.289 e. The zero-order valence-corrected chi connectivity index (χ0v) is 11.8. The van der Waals surface area contributed by atoms with Gasteiger partial charge >= 0.3 is 0 Å². The van der Waals surface area contributed by atoms with Crippen LogP contribution in [-0.2, 0) is 4.79 Å². The third kappa shape index (κ3) is 1.97. The summed E-state index contributed by atoms with van der Waals surface area (Å²) in [7, 11) is 0. The van der Waals surface area contributed by atoms with Gasteiger partial charge in [-0.15, -0.1) is 0 Å². The topological polar surface area (TPSA) is 79.5 Å². The van der Waals surface area contributed by atoms with Crippen LogP contribution in [0.25, 0.3) is 0 Å². The first-order valence-electron chi connectivity index (χ1n) is 7.13. The predicted molar refractivity (Wildman–Crippen MR) is 76.0 cm³/mol. The third-order valence-corrected chi connectivity index (χ3v) is 4.32. The van der Waals surface area contributed by atoms with Gasteiger partial charge in [-0.05, 0) is 12.1 Å². The van der Waals surface area contributed by atoms with E-state index < -0.39 is 0 Å². The average molecular weight is 298 g/mol. The molecule has 0 aromatic carbocycles. The lowest BCUT2D eigenvalue weighted by molar-refractivity contribution is -0.120. The van der Waals surface area contributed by atoms with E-state index in [1.807, 2.05) is 0 Å². The van der Waals surface area contributed by atoms with Gasteiger partial charge < -0.3 is 14.2 Å². The molecule has 2 amide bonds. The molecule has 0 aliphatic carbocycles. The van der Waals surface area contributed by atoms with Crippen LogP contribution in [0, 0.1) is 11.8 Å². The summed E-state index contributed by atoms with van der Waals surface area (Å²) in [6.07, 6.45) is 6.19. The number of carbonyl (C=O) groups is 2. The molecule has 112 valence electrons. The van der Waals surface area contributed by atoms with Gasteiger partial charge in [-0.2, -0.15) is 0 Å². The van der Waals surface area contributed by atoms with Crippen LogP contribution >= 0.6 is 0 Å². The first-order valence-corrected chi connectivity index (χ1v) is 7.13. The minimum absolute atomic E-state index is 0.0366. The Morgan fingerprint density at radius 1 is 1.23 bits per heavy atom. The first kappa shape index (κ1) is 13.0. The quantitative estimate of drug-likeness (QED) is 0.819. The highest BCUT2D eigenvalue weighted by atomic mass is 16.3. The summed E-state index contributed by atoms with van der Waals surface area (Å²) in [5.41, 5.74) is 0.714. The minimum Gasteiger partial charge on any atom is -0.459 e. The number of anilines is 1. The molecule has 4 heterocycles. The molecule has 2 fully saturated rings. The highest BCUT2D eigenvalue weighted by Crippen LogP contribution is 2.35. The number of carbonyl (C=O) groups excluding carboxylic acids is 2. The SMILES string of the molecule is O=C(c1ccco1)N1C[C@H]2CN(c3cncnc3)C(=O)[C@H]2C1. The molecule has 2 atom stereocenters. The smallest absolute Gasteiger partial charge is 0.289 e. The van der Waals surface area contributed by atoms with Crippen molar-refractivity contribution in [3.05, 3.63) is 42.9 Å². The van der Waals surface area contributed by atoms with E-state index in [1.165, 1.54) is 12.6 Å². The van der Waals surface area contributed by atoms with Crippen LogP contribution < -0.4 is 4.90 Å². The van der Waals surface area contributed by atoms with Gasteiger partial charge in [0.1, 0.15) is 6.33 Å². The molecule has 4 rings (SSSR count). The Morgan fingerprint density at radius 2 is 2.05 bits per heavy atom. The lowest BCUT2D eigenvalue weighted by Crippen LogP contribution is -2.35. The molecular weight excluding hydrogens is 284 g/mol. The maximum atomic E-state index is 12.6. The van der Waals surface area contributed by atoms with Crippen molar-refractivity contribution >= 4 is 17.5 Å². The Balaban J connectivity index is 1.50. The van der Waals surface area contributed by atoms with Gasteiger partial charge in [0, 0.05) is 25.6 Å². The largest absolute Gasteiger partial charge is 0.459 e. The van der Waals surface area contributed by atoms with Crippen molar-refractivity contribution in [2.24, 2.45) is 11.8 Å². The fourth-order valence-corrected chi connectivity index (χ4v) is 3.25. The Labute approximate surface area is 126 Å². The zero-order chi connectivity index (χ0) is 15.1. The second kappa shape index (κ2) is 4.94. The van der Waals surface area contributed by atoms with Crippen LogP contribution in [0.2, 0.25) is 0 Å². The molecule has 2 aliphatic heterocycles. The van der Waals surface area contributed by atoms with Crippen molar-refractivity contribution in [3.8, 4) is 0 Å². The third-order valence-electron chi connectivity index (χ3n) is 4.32. The van der Waals surface area contributed by atoms with Crippen LogP contribution in [0.1, 0.15) is 10.6 Å². The molecule has 0 spiro atoms. The standard InChI is InChI=1S/C15H14N4O3/c20-14-12-8-18(15(21)13-2-1-3-22-13)6-10(12)7-19(14)11-4-16-9-17-5-11/h1-5,9-10,12H,6-8H2/t10-,12-/m0/s1. The summed E-state index contributed by atoms with van der Waals surface area (Å²) in [5.74, 6) is 0.197. The highest BCUT2D eigenvalue weighted by molar-refractivity contribution is 5.99. The van der Waals surface area contributed by atoms with Crippen molar-refractivity contribution in [2.45, 2.75) is 0 Å². The summed E-state index contributed by atoms with van der Waals surface area (Å²) < 4.78 is 5.14. The number of amides is 2. The van der Waals surface area contributed by atoms with E-state index in [-0.39, 0.29) is 23.7 Å². The van der Waals surface area contributed by atoms with Crippen molar-refractivity contribution in [3.63, 3.8) is 0 Å². The van der Waals surface area contributed by atoms with Crippen LogP contribution in [0.15, 0.2) is 41.5 Å². The summed E-state index contributed by atoms with van der Waals surface area (Å²) in [6.45, 7) is 1.60. The molecule has 2 aromatic rings. The normalized spacial score (nSPS) is 23.9. The molecule has 0 bridgehead atoms. The second-order valence-electron chi connectivity index (χ2n) is 5.60. The molecule has 2 aromatic heterocycles. The molecule has 0 unspecified atom stereocenters. The summed E-state index contributed by atoms with van der Waals surface area (Å²) in [5, 5.41) is 0. The number of furan rings is 1. The number of rotatable bonds is 2. The minimum atomic E-state index is -0.154. The van der Waals surface area contributed by atoms with Gasteiger partial charge in [-0.3, -0.25) is 9.59 Å². The average Bonchev–Trinajstić information content (AvgIpc) is 3.25. The first-order chi connectivity index (χ1) is 10.7. The molecule has 0 radical (unpaired) electrons. The summed E-state index contributed by atoms with van der Waals surface area (Å²) in [6, 6.07) is 3.33. The van der Waals surface area contributed by atoms with E-state index in [2.05, 4.69) is 9.97 Å². The maximum absolute atomic E-state index is 12.6. The van der Waals surface area contributed by atoms with Crippen molar-refractivity contribution in [1.29, 1.82) is 0 Å². The van der Waals surface area contributed by atoms with Crippen LogP contribution in [-0.4, -0.2) is 46.3 Å². The molecule has 2 aliphatic rings. The monoisotopic (exact) mass is 298 g/mol. The number of aromatic nitrogens is 2. The Bertz CT molecular complexity index is 701. The molecule has 0 saturated carbocycles. The van der Waals surface area contributed by atoms with E-state index in [1.54, 1.807) is 34.3 Å². The number of hydrogen-bond acceptors (Lipinski definition) is 5. The van der Waals surface area contributed by atoms with Gasteiger partial charge in [-0.25, -0.2) is 9.97 Å². The molecular formula is C15H14N4O3. The van der Waals surface area contributed by atoms with Crippen LogP contribution in [0.4, 0.5) is 5.69 Å². The second-order valence-corrected chi connectivity index (χ2v) is 5.60. The zero-order valence-electron chi connectivity index (χ0n) is 11.8. The fraction of sp³-hybridized carbons (Fsp3) is 0.333.